The smallest absolute Gasteiger partial charge is 0.314 e. The van der Waals surface area contributed by atoms with Crippen LogP contribution in [0.5, 0.6) is 0 Å². The van der Waals surface area contributed by atoms with Crippen LogP contribution in [0.25, 0.3) is 0 Å². The van der Waals surface area contributed by atoms with Crippen molar-refractivity contribution in [1.29, 1.82) is 0 Å². The summed E-state index contributed by atoms with van der Waals surface area (Å²) in [6, 6.07) is 5.18. The van der Waals surface area contributed by atoms with E-state index in [1.807, 2.05) is 37.8 Å². The number of aliphatic imine (C=N–C) groups is 1. The summed E-state index contributed by atoms with van der Waals surface area (Å²) in [6.45, 7) is 10.0. The van der Waals surface area contributed by atoms with Crippen molar-refractivity contribution in [2.45, 2.75) is 46.2 Å². The summed E-state index contributed by atoms with van der Waals surface area (Å²) in [5.41, 5.74) is 6.79. The van der Waals surface area contributed by atoms with Crippen LogP contribution in [0.3, 0.4) is 0 Å². The molecule has 0 atom stereocenters. The van der Waals surface area contributed by atoms with Crippen LogP contribution in [0.4, 0.5) is 14.9 Å². The highest BCUT2D eigenvalue weighted by atomic mass is 19.1. The minimum absolute atomic E-state index is 0.215. The van der Waals surface area contributed by atoms with Crippen LogP contribution in [0.1, 0.15) is 39.2 Å². The molecule has 0 spiro atoms. The monoisotopic (exact) mass is 392 g/mol. The van der Waals surface area contributed by atoms with E-state index in [2.05, 4.69) is 15.6 Å². The van der Waals surface area contributed by atoms with E-state index in [0.717, 1.165) is 38.0 Å². The van der Waals surface area contributed by atoms with Gasteiger partial charge >= 0.3 is 6.03 Å². The fourth-order valence-corrected chi connectivity index (χ4v) is 3.40. The van der Waals surface area contributed by atoms with Gasteiger partial charge in [0.25, 0.3) is 0 Å². The van der Waals surface area contributed by atoms with E-state index in [1.165, 1.54) is 0 Å². The van der Waals surface area contributed by atoms with Gasteiger partial charge in [-0.25, -0.2) is 14.2 Å². The van der Waals surface area contributed by atoms with E-state index < -0.39 is 0 Å². The van der Waals surface area contributed by atoms with Gasteiger partial charge in [-0.3, -0.25) is 0 Å². The molecule has 0 bridgehead atoms. The predicted octanol–water partition coefficient (Wildman–Crippen LogP) is 2.27. The molecule has 0 aromatic heterocycles. The molecule has 1 aromatic rings. The molecular formula is C20H33FN6O. The number of likely N-dealkylation sites (tertiary alicyclic amines) is 1. The zero-order valence-electron chi connectivity index (χ0n) is 17.2. The highest BCUT2D eigenvalue weighted by molar-refractivity contribution is 5.80. The molecule has 1 aliphatic rings. The van der Waals surface area contributed by atoms with Crippen molar-refractivity contribution >= 4 is 17.7 Å². The molecule has 1 saturated heterocycles. The number of rotatable bonds is 7. The Morgan fingerprint density at radius 2 is 1.96 bits per heavy atom. The molecule has 1 fully saturated rings. The Balaban J connectivity index is 1.99. The Bertz CT molecular complexity index is 669. The van der Waals surface area contributed by atoms with Crippen LogP contribution < -0.4 is 21.3 Å². The second kappa shape index (κ2) is 10.7. The van der Waals surface area contributed by atoms with Crippen LogP contribution in [0.2, 0.25) is 0 Å². The lowest BCUT2D eigenvalue weighted by Crippen LogP contribution is -2.50. The first-order valence-corrected chi connectivity index (χ1v) is 10.1. The predicted molar refractivity (Wildman–Crippen MR) is 112 cm³/mol. The van der Waals surface area contributed by atoms with Crippen LogP contribution in [0.15, 0.2) is 23.2 Å². The lowest BCUT2D eigenvalue weighted by molar-refractivity contribution is 0.188. The number of carbonyl (C=O) groups is 1. The number of urea groups is 1. The number of hydrogen-bond donors (Lipinski definition) is 3. The van der Waals surface area contributed by atoms with E-state index in [1.54, 1.807) is 11.0 Å². The van der Waals surface area contributed by atoms with Crippen molar-refractivity contribution in [2.75, 3.05) is 37.6 Å². The molecule has 4 N–H and O–H groups in total. The summed E-state index contributed by atoms with van der Waals surface area (Å²) in [7, 11) is 0. The number of primary amides is 1. The van der Waals surface area contributed by atoms with Gasteiger partial charge < -0.3 is 26.2 Å². The molecule has 2 rings (SSSR count). The molecule has 156 valence electrons. The van der Waals surface area contributed by atoms with Gasteiger partial charge in [-0.1, -0.05) is 6.07 Å². The number of nitrogens with one attached hydrogen (secondary N) is 2. The largest absolute Gasteiger partial charge is 0.370 e. The number of halogens is 1. The maximum absolute atomic E-state index is 14.5. The zero-order valence-corrected chi connectivity index (χ0v) is 17.2. The third-order valence-electron chi connectivity index (χ3n) is 5.03. The first-order valence-electron chi connectivity index (χ1n) is 10.1. The molecule has 8 heteroatoms. The number of carbonyl (C=O) groups excluding carboxylic acids is 1. The van der Waals surface area contributed by atoms with Gasteiger partial charge in [0.2, 0.25) is 0 Å². The summed E-state index contributed by atoms with van der Waals surface area (Å²) >= 11 is 0. The number of benzene rings is 1. The van der Waals surface area contributed by atoms with Gasteiger partial charge in [0.1, 0.15) is 5.82 Å². The van der Waals surface area contributed by atoms with Crippen LogP contribution in [-0.4, -0.2) is 55.7 Å². The topological polar surface area (TPSA) is 86.0 Å². The molecule has 7 nitrogen and oxygen atoms in total. The maximum atomic E-state index is 14.5. The summed E-state index contributed by atoms with van der Waals surface area (Å²) in [6.07, 6.45) is 1.64. The van der Waals surface area contributed by atoms with E-state index in [9.17, 15) is 9.18 Å². The molecule has 28 heavy (non-hydrogen) atoms. The molecule has 1 heterocycles. The number of nitrogens with zero attached hydrogens (tertiary/aromatic N) is 3. The number of hydrogen-bond acceptors (Lipinski definition) is 3. The second-order valence-corrected chi connectivity index (χ2v) is 6.90. The van der Waals surface area contributed by atoms with Crippen LogP contribution in [0, 0.1) is 5.82 Å². The fraction of sp³-hybridized carbons (Fsp3) is 0.600. The first-order chi connectivity index (χ1) is 13.5. The van der Waals surface area contributed by atoms with Crippen LogP contribution in [-0.2, 0) is 6.54 Å². The molecule has 0 radical (unpaired) electrons. The van der Waals surface area contributed by atoms with Crippen molar-refractivity contribution in [1.82, 2.24) is 15.5 Å². The van der Waals surface area contributed by atoms with Gasteiger partial charge in [0, 0.05) is 38.8 Å². The lowest BCUT2D eigenvalue weighted by Gasteiger charge is -2.32. The van der Waals surface area contributed by atoms with Gasteiger partial charge in [-0.05, 0) is 51.3 Å². The Morgan fingerprint density at radius 1 is 1.29 bits per heavy atom. The summed E-state index contributed by atoms with van der Waals surface area (Å²) in [5.74, 6) is 0.487. The number of nitrogens with two attached hydrogens (primary N) is 1. The second-order valence-electron chi connectivity index (χ2n) is 6.90. The van der Waals surface area contributed by atoms with Gasteiger partial charge in [-0.2, -0.15) is 0 Å². The van der Waals surface area contributed by atoms with E-state index >= 15 is 0 Å². The molecular weight excluding hydrogens is 359 g/mol. The van der Waals surface area contributed by atoms with Gasteiger partial charge in [0.15, 0.2) is 5.96 Å². The van der Waals surface area contributed by atoms with Crippen molar-refractivity contribution < 1.29 is 9.18 Å². The number of amides is 2. The normalized spacial score (nSPS) is 15.4. The lowest BCUT2D eigenvalue weighted by atomic mass is 10.1. The third-order valence-corrected chi connectivity index (χ3v) is 5.03. The standard InChI is InChI=1S/C20H33FN6O/c1-4-23-20(25-16-9-11-27(12-10-16)19(22)28)24-14-15-7-8-18(17(21)13-15)26(5-2)6-3/h7-8,13,16H,4-6,9-12,14H2,1-3H3,(H2,22,28)(H2,23,24,25). The Labute approximate surface area is 167 Å². The van der Waals surface area contributed by atoms with Crippen LogP contribution >= 0.6 is 0 Å². The highest BCUT2D eigenvalue weighted by Crippen LogP contribution is 2.20. The first kappa shape index (κ1) is 21.8. The minimum Gasteiger partial charge on any atom is -0.370 e. The molecule has 1 aliphatic heterocycles. The Hall–Kier alpha value is -2.51. The number of anilines is 1. The van der Waals surface area contributed by atoms with Crippen molar-refractivity contribution in [3.8, 4) is 0 Å². The third kappa shape index (κ3) is 6.00. The van der Waals surface area contributed by atoms with Crippen molar-refractivity contribution in [3.63, 3.8) is 0 Å². The summed E-state index contributed by atoms with van der Waals surface area (Å²) in [4.78, 5) is 19.5. The van der Waals surface area contributed by atoms with Crippen molar-refractivity contribution in [3.05, 3.63) is 29.6 Å². The van der Waals surface area contributed by atoms with E-state index in [-0.39, 0.29) is 17.9 Å². The summed E-state index contributed by atoms with van der Waals surface area (Å²) < 4.78 is 14.5. The molecule has 0 aliphatic carbocycles. The van der Waals surface area contributed by atoms with Gasteiger partial charge in [0.05, 0.1) is 12.2 Å². The fourth-order valence-electron chi connectivity index (χ4n) is 3.40. The summed E-state index contributed by atoms with van der Waals surface area (Å²) in [5, 5.41) is 6.64. The molecule has 1 aromatic carbocycles. The maximum Gasteiger partial charge on any atom is 0.314 e. The number of piperidine rings is 1. The number of guanidine groups is 1. The average molecular weight is 393 g/mol. The minimum atomic E-state index is -0.366. The quantitative estimate of drug-likeness (QED) is 0.491. The van der Waals surface area contributed by atoms with E-state index in [0.29, 0.717) is 31.3 Å². The SMILES string of the molecule is CCNC(=NCc1ccc(N(CC)CC)c(F)c1)NC1CCN(C(N)=O)CC1. The molecule has 2 amide bonds. The Kier molecular flexibility index (Phi) is 8.35. The zero-order chi connectivity index (χ0) is 20.5. The average Bonchev–Trinajstić information content (AvgIpc) is 2.69. The molecule has 0 unspecified atom stereocenters. The Morgan fingerprint density at radius 3 is 2.50 bits per heavy atom. The van der Waals surface area contributed by atoms with E-state index in [4.69, 9.17) is 5.73 Å². The highest BCUT2D eigenvalue weighted by Gasteiger charge is 2.21. The van der Waals surface area contributed by atoms with Gasteiger partial charge in [-0.15, -0.1) is 0 Å². The van der Waals surface area contributed by atoms with Crippen molar-refractivity contribution in [2.24, 2.45) is 10.7 Å². The molecule has 0 saturated carbocycles.